The fourth-order valence-corrected chi connectivity index (χ4v) is 23.5. The number of fused-ring (bicyclic) bond motifs is 10. The Kier molecular flexibility index (Phi) is 12.4. The molecule has 18 heteroatoms. The van der Waals surface area contributed by atoms with Crippen LogP contribution < -0.4 is 0 Å². The molecule has 6 heterocycles. The normalized spacial score (nSPS) is 52.2. The minimum absolute atomic E-state index is 0.0116. The lowest BCUT2D eigenvalue weighted by atomic mass is 9.42. The predicted octanol–water partition coefficient (Wildman–Crippen LogP) is 8.42. The van der Waals surface area contributed by atoms with Crippen molar-refractivity contribution >= 4 is 20.8 Å². The van der Waals surface area contributed by atoms with E-state index in [0.29, 0.717) is 36.5 Å². The molecule has 430 valence electrons. The van der Waals surface area contributed by atoms with Crippen molar-refractivity contribution in [3.05, 3.63) is 22.3 Å². The smallest absolute Gasteiger partial charge is 0.387 e. The first-order chi connectivity index (χ1) is 35.0. The molecule has 0 amide bonds. The van der Waals surface area contributed by atoms with Gasteiger partial charge in [0.05, 0.1) is 48.8 Å². The van der Waals surface area contributed by atoms with Gasteiger partial charge in [0.2, 0.25) is 0 Å². The molecule has 0 aromatic carbocycles. The highest BCUT2D eigenvalue weighted by atomic mass is 32.3. The summed E-state index contributed by atoms with van der Waals surface area (Å²) in [5, 5.41) is 46.6. The first kappa shape index (κ1) is 55.4. The van der Waals surface area contributed by atoms with E-state index in [4.69, 9.17) is 27.3 Å². The summed E-state index contributed by atoms with van der Waals surface area (Å²) in [6, 6.07) is 0. The molecule has 0 aromatic heterocycles. The molecular weight excluding hydrogens is 1020 g/mol. The van der Waals surface area contributed by atoms with Crippen molar-refractivity contribution in [3.63, 3.8) is 0 Å². The van der Waals surface area contributed by atoms with Crippen LogP contribution in [0.2, 0.25) is 0 Å². The molecule has 0 aromatic rings. The van der Waals surface area contributed by atoms with Gasteiger partial charge in [-0.15, -0.1) is 0 Å². The molecule has 76 heavy (non-hydrogen) atoms. The van der Waals surface area contributed by atoms with Crippen LogP contribution in [0.5, 0.6) is 0 Å². The summed E-state index contributed by atoms with van der Waals surface area (Å²) < 4.78 is 109. The fourth-order valence-electron chi connectivity index (χ4n) is 22.5. The monoisotopic (exact) mass is 1110 g/mol. The van der Waals surface area contributed by atoms with E-state index in [0.717, 1.165) is 77.0 Å². The molecule has 6 saturated heterocycles. The molecule has 10 fully saturated rings. The molecule has 14 aliphatic rings. The molecule has 4 saturated carbocycles. The van der Waals surface area contributed by atoms with Crippen LogP contribution >= 0.6 is 0 Å². The van der Waals surface area contributed by atoms with Crippen LogP contribution in [0.3, 0.4) is 0 Å². The Morgan fingerprint density at radius 2 is 1.12 bits per heavy atom. The predicted molar refractivity (Wildman–Crippen MR) is 278 cm³/mol. The van der Waals surface area contributed by atoms with Gasteiger partial charge in [-0.3, -0.25) is 9.11 Å². The zero-order valence-electron chi connectivity index (χ0n) is 47.0. The molecule has 6 aliphatic heterocycles. The Morgan fingerprint density at radius 3 is 1.58 bits per heavy atom. The third-order valence-electron chi connectivity index (χ3n) is 25.7. The van der Waals surface area contributed by atoms with Gasteiger partial charge < -0.3 is 39.4 Å². The van der Waals surface area contributed by atoms with Crippen LogP contribution in [0.25, 0.3) is 0 Å². The minimum atomic E-state index is -4.85. The highest BCUT2D eigenvalue weighted by Gasteiger charge is 2.76. The number of ether oxygens (including phenoxy) is 4. The van der Waals surface area contributed by atoms with Gasteiger partial charge in [-0.2, -0.15) is 16.8 Å². The number of hydrogen-bond acceptors (Lipinski definition) is 14. The van der Waals surface area contributed by atoms with Gasteiger partial charge in [-0.1, -0.05) is 77.7 Å². The summed E-state index contributed by atoms with van der Waals surface area (Å²) in [5.41, 5.74) is 0.215. The van der Waals surface area contributed by atoms with Crippen LogP contribution in [0.1, 0.15) is 179 Å². The van der Waals surface area contributed by atoms with Crippen molar-refractivity contribution < 1.29 is 73.7 Å². The van der Waals surface area contributed by atoms with Gasteiger partial charge in [-0.25, -0.2) is 8.37 Å². The van der Waals surface area contributed by atoms with E-state index in [9.17, 15) is 46.4 Å². The van der Waals surface area contributed by atoms with E-state index >= 15 is 0 Å². The lowest BCUT2D eigenvalue weighted by molar-refractivity contribution is -0.408. The van der Waals surface area contributed by atoms with Crippen molar-refractivity contribution in [2.75, 3.05) is 13.2 Å². The van der Waals surface area contributed by atoms with Crippen LogP contribution in [-0.4, -0.2) is 119 Å². The Hall–Kier alpha value is -1.10. The molecule has 0 unspecified atom stereocenters. The van der Waals surface area contributed by atoms with E-state index in [-0.39, 0.29) is 72.4 Å². The van der Waals surface area contributed by atoms with E-state index < -0.39 is 95.9 Å². The molecule has 6 N–H and O–H groups in total. The van der Waals surface area contributed by atoms with Gasteiger partial charge in [0.25, 0.3) is 0 Å². The molecular formula is C58H90O16S2. The Balaban J connectivity index is 0.791. The molecule has 22 atom stereocenters. The highest BCUT2D eigenvalue weighted by molar-refractivity contribution is 7.81. The lowest BCUT2D eigenvalue weighted by Gasteiger charge is -2.69. The standard InChI is InChI=1S/C58H90O16S2/c1-30(35-13-15-37-33-23-42(72-75(63,64)65)47-49(3,4)57(61)44(59)26-55(47,28-69-57)39(33)18-20-52(35,37)9)12-17-46-54(11)25-32(51(7,8)74-54)22-41(71-46)31(2)36-14-16-38-34-24-43(73-76(66,67)68)48-50(5,6)58(62)45(60)27-56(48,29-70-58)40(34)19-21-53(36,38)10/h30-32,35-38,41-48,59-62H,12-29H2,1-11H3,(H,63,64,65)(H,66,67,68)/t30-,31+,32-,35-,36-,37+,38+,41-,42+,43+,44+,45+,46+,47+,48+,52-,53-,54-,55+,56+,57+,58+/m1/s1. The van der Waals surface area contributed by atoms with E-state index in [1.54, 1.807) is 0 Å². The summed E-state index contributed by atoms with van der Waals surface area (Å²) in [5.74, 6) is -2.89. The van der Waals surface area contributed by atoms with E-state index in [2.05, 4.69) is 48.5 Å². The van der Waals surface area contributed by atoms with Gasteiger partial charge in [0, 0.05) is 33.5 Å². The van der Waals surface area contributed by atoms with Gasteiger partial charge in [0.1, 0.15) is 12.2 Å². The molecule has 6 bridgehead atoms. The zero-order valence-corrected chi connectivity index (χ0v) is 48.6. The third kappa shape index (κ3) is 7.45. The van der Waals surface area contributed by atoms with Crippen LogP contribution in [0.15, 0.2) is 22.3 Å². The first-order valence-corrected chi connectivity index (χ1v) is 32.0. The summed E-state index contributed by atoms with van der Waals surface area (Å²) in [6.07, 6.45) is 7.78. The number of rotatable bonds is 10. The Morgan fingerprint density at radius 1 is 0.658 bits per heavy atom. The minimum Gasteiger partial charge on any atom is -0.387 e. The fraction of sp³-hybridized carbons (Fsp3) is 0.931. The maximum Gasteiger partial charge on any atom is 0.397 e. The largest absolute Gasteiger partial charge is 0.397 e. The van der Waals surface area contributed by atoms with Crippen molar-refractivity contribution in [3.8, 4) is 0 Å². The zero-order chi connectivity index (χ0) is 54.9. The topological polar surface area (TPSA) is 245 Å². The quantitative estimate of drug-likeness (QED) is 0.0888. The molecule has 14 rings (SSSR count). The summed E-state index contributed by atoms with van der Waals surface area (Å²) in [4.78, 5) is 0. The van der Waals surface area contributed by atoms with Gasteiger partial charge in [-0.05, 0) is 176 Å². The molecule has 2 spiro atoms. The average Bonchev–Trinajstić information content (AvgIpc) is 4.03. The van der Waals surface area contributed by atoms with Crippen LogP contribution in [0, 0.1) is 85.8 Å². The second-order valence-electron chi connectivity index (χ2n) is 29.9. The average molecular weight is 1110 g/mol. The third-order valence-corrected chi connectivity index (χ3v) is 26.7. The molecule has 16 nitrogen and oxygen atoms in total. The van der Waals surface area contributed by atoms with E-state index in [1.165, 1.54) is 22.3 Å². The maximum absolute atomic E-state index is 12.6. The Bertz CT molecular complexity index is 2700. The van der Waals surface area contributed by atoms with Crippen molar-refractivity contribution in [1.29, 1.82) is 0 Å². The number of aliphatic hydroxyl groups is 4. The van der Waals surface area contributed by atoms with E-state index in [1.807, 2.05) is 27.7 Å². The van der Waals surface area contributed by atoms with Crippen molar-refractivity contribution in [2.24, 2.45) is 85.8 Å². The summed E-state index contributed by atoms with van der Waals surface area (Å²) in [7, 11) is -9.68. The SMILES string of the molecule is C[C@@H]([C@H]1CC[C@H]2C3=C(CC[C@]12C)[C@@]12CO[C@@](O)([C@@H](O)C1)C(C)(C)[C@@H]2[C@@H](OS(=O)(=O)O)C3)[C@H]1C[C@@H]2C[C@@](C)(OC2(C)C)[C@H](CC[C@@H](C)[C@H]2CC[C@H]3C4=C(CC[C@]23C)[C@@]23CO[C@@](O)([C@@H](O)C2)C(C)(C)[C@@H]3[C@@H](OS(=O)(=O)O)C4)O1. The molecule has 0 radical (unpaired) electrons. The first-order valence-electron chi connectivity index (χ1n) is 29.2. The maximum atomic E-state index is 12.6. The lowest BCUT2D eigenvalue weighted by Crippen LogP contribution is -2.76. The highest BCUT2D eigenvalue weighted by Crippen LogP contribution is 2.74. The number of aliphatic hydroxyl groups excluding tert-OH is 2. The summed E-state index contributed by atoms with van der Waals surface area (Å²) >= 11 is 0. The van der Waals surface area contributed by atoms with Crippen molar-refractivity contribution in [2.45, 2.75) is 238 Å². The van der Waals surface area contributed by atoms with Crippen LogP contribution in [0.4, 0.5) is 0 Å². The number of hydrogen-bond donors (Lipinski definition) is 6. The summed E-state index contributed by atoms with van der Waals surface area (Å²) in [6.45, 7) is 24.0. The second-order valence-corrected chi connectivity index (χ2v) is 32.0. The van der Waals surface area contributed by atoms with Crippen molar-refractivity contribution in [1.82, 2.24) is 0 Å². The Labute approximate surface area is 452 Å². The second kappa shape index (κ2) is 17.0. The van der Waals surface area contributed by atoms with Gasteiger partial charge >= 0.3 is 20.8 Å². The molecule has 8 aliphatic carbocycles. The van der Waals surface area contributed by atoms with Gasteiger partial charge in [0.15, 0.2) is 11.6 Å². The van der Waals surface area contributed by atoms with Crippen LogP contribution in [-0.2, 0) is 48.1 Å².